The Morgan fingerprint density at radius 3 is 1.83 bits per heavy atom. The fraction of sp³-hybridized carbons (Fsp3) is 0. The van der Waals surface area contributed by atoms with Crippen molar-refractivity contribution < 1.29 is 0 Å². The molecule has 0 unspecified atom stereocenters. The van der Waals surface area contributed by atoms with Gasteiger partial charge in [-0.3, -0.25) is 0 Å². The fourth-order valence-electron chi connectivity index (χ4n) is 0. The summed E-state index contributed by atoms with van der Waals surface area (Å²) >= 11 is 9.89. The van der Waals surface area contributed by atoms with Crippen LogP contribution in [0.4, 0.5) is 0 Å². The first kappa shape index (κ1) is 9.65. The molecule has 4 heteroatoms. The second-order valence-corrected chi connectivity index (χ2v) is 1.15. The Balaban J connectivity index is 0. The van der Waals surface area contributed by atoms with E-state index >= 15 is 0 Å². The Morgan fingerprint density at radius 1 is 1.67 bits per heavy atom. The van der Waals surface area contributed by atoms with Crippen molar-refractivity contribution in [3.63, 3.8) is 0 Å². The molecule has 1 nitrogen and oxygen atoms in total. The minimum Gasteiger partial charge on any atom is -0.389 e. The summed E-state index contributed by atoms with van der Waals surface area (Å²) in [6.45, 7) is 0. The molecule has 0 amide bonds. The molecule has 0 aliphatic carbocycles. The van der Waals surface area contributed by atoms with Gasteiger partial charge in [-0.05, 0) is 0 Å². The third kappa shape index (κ3) is 8.83. The summed E-state index contributed by atoms with van der Waals surface area (Å²) in [5.41, 5.74) is 5.89. The highest BCUT2D eigenvalue weighted by Gasteiger charge is 1.66. The zero-order valence-electron chi connectivity index (χ0n) is 2.82. The monoisotopic (exact) mass is 147 g/mol. The molecule has 0 bridgehead atoms. The maximum atomic E-state index is 4.97. The average molecular weight is 148 g/mol. The van der Waals surface area contributed by atoms with E-state index in [2.05, 4.69) is 0 Å². The smallest absolute Gasteiger partial charge is 0.111 e. The Labute approximate surface area is 52.5 Å². The molecule has 0 atom stereocenters. The predicted octanol–water partition coefficient (Wildman–Crippen LogP) is 1.64. The van der Waals surface area contributed by atoms with Crippen LogP contribution in [0.15, 0.2) is 10.7 Å². The van der Waals surface area contributed by atoms with Crippen molar-refractivity contribution in [1.82, 2.24) is 0 Å². The molecule has 0 aliphatic rings. The molecule has 0 rings (SSSR count). The molecular formula is C2H4Cl3N. The highest BCUT2D eigenvalue weighted by atomic mass is 35.5. The standard InChI is InChI=1S/C2H3Cl2N.ClH/c3-1-2(4)5;/h1H,5H2;1H/b2-1+;. The van der Waals surface area contributed by atoms with Gasteiger partial charge in [0.2, 0.25) is 0 Å². The van der Waals surface area contributed by atoms with Gasteiger partial charge in [-0.25, -0.2) is 0 Å². The Bertz CT molecular complexity index is 46.8. The maximum Gasteiger partial charge on any atom is 0.111 e. The van der Waals surface area contributed by atoms with Crippen molar-refractivity contribution in [2.75, 3.05) is 0 Å². The molecule has 0 aromatic rings. The summed E-state index contributed by atoms with van der Waals surface area (Å²) < 4.78 is 0. The van der Waals surface area contributed by atoms with Crippen LogP contribution in [0.2, 0.25) is 0 Å². The van der Waals surface area contributed by atoms with Crippen molar-refractivity contribution in [2.45, 2.75) is 0 Å². The molecule has 2 N–H and O–H groups in total. The molecule has 0 aromatic heterocycles. The SMILES string of the molecule is Cl.N/C(Cl)=C/Cl. The molecular weight excluding hydrogens is 144 g/mol. The van der Waals surface area contributed by atoms with Crippen molar-refractivity contribution in [3.8, 4) is 0 Å². The van der Waals surface area contributed by atoms with E-state index in [-0.39, 0.29) is 17.6 Å². The molecule has 6 heavy (non-hydrogen) atoms. The van der Waals surface area contributed by atoms with E-state index < -0.39 is 0 Å². The first-order valence-corrected chi connectivity index (χ1v) is 1.80. The summed E-state index contributed by atoms with van der Waals surface area (Å²) in [4.78, 5) is 0. The normalized spacial score (nSPS) is 10.0. The Hall–Kier alpha value is 0.410. The van der Waals surface area contributed by atoms with Crippen LogP contribution in [0.3, 0.4) is 0 Å². The summed E-state index contributed by atoms with van der Waals surface area (Å²) in [7, 11) is 0. The number of nitrogens with two attached hydrogens (primary N) is 1. The minimum atomic E-state index is 0. The third-order valence-electron chi connectivity index (χ3n) is 0.104. The van der Waals surface area contributed by atoms with Gasteiger partial charge in [0.1, 0.15) is 5.16 Å². The zero-order valence-corrected chi connectivity index (χ0v) is 5.15. The van der Waals surface area contributed by atoms with Gasteiger partial charge in [0.15, 0.2) is 0 Å². The summed E-state index contributed by atoms with van der Waals surface area (Å²) in [6.07, 6.45) is 0. The molecule has 0 radical (unpaired) electrons. The number of hydrogen-bond acceptors (Lipinski definition) is 1. The highest BCUT2D eigenvalue weighted by Crippen LogP contribution is 1.89. The van der Waals surface area contributed by atoms with Gasteiger partial charge in [0.25, 0.3) is 0 Å². The second-order valence-electron chi connectivity index (χ2n) is 0.494. The maximum absolute atomic E-state index is 4.97. The van der Waals surface area contributed by atoms with Crippen LogP contribution in [0, 0.1) is 0 Å². The van der Waals surface area contributed by atoms with Crippen molar-refractivity contribution in [3.05, 3.63) is 10.7 Å². The van der Waals surface area contributed by atoms with E-state index in [1.807, 2.05) is 0 Å². The van der Waals surface area contributed by atoms with E-state index in [1.165, 1.54) is 0 Å². The highest BCUT2D eigenvalue weighted by molar-refractivity contribution is 6.35. The van der Waals surface area contributed by atoms with E-state index in [9.17, 15) is 0 Å². The molecule has 0 saturated carbocycles. The average Bonchev–Trinajstić information content (AvgIpc) is 1.38. The van der Waals surface area contributed by atoms with Gasteiger partial charge in [-0.15, -0.1) is 12.4 Å². The number of rotatable bonds is 0. The van der Waals surface area contributed by atoms with Gasteiger partial charge in [0, 0.05) is 5.54 Å². The second kappa shape index (κ2) is 5.41. The summed E-state index contributed by atoms with van der Waals surface area (Å²) in [5.74, 6) is 0. The van der Waals surface area contributed by atoms with Crippen LogP contribution in [-0.2, 0) is 0 Å². The molecule has 0 aliphatic heterocycles. The zero-order chi connectivity index (χ0) is 4.28. The lowest BCUT2D eigenvalue weighted by molar-refractivity contribution is 1.56. The van der Waals surface area contributed by atoms with Gasteiger partial charge in [-0.2, -0.15) is 0 Å². The van der Waals surface area contributed by atoms with Crippen LogP contribution < -0.4 is 5.73 Å². The first-order chi connectivity index (χ1) is 2.27. The fourth-order valence-corrected chi connectivity index (χ4v) is 0. The van der Waals surface area contributed by atoms with Gasteiger partial charge in [-0.1, -0.05) is 23.2 Å². The van der Waals surface area contributed by atoms with Gasteiger partial charge in [0.05, 0.1) is 0 Å². The third-order valence-corrected chi connectivity index (χ3v) is 0.560. The molecule has 38 valence electrons. The van der Waals surface area contributed by atoms with Crippen LogP contribution in [0.5, 0.6) is 0 Å². The largest absolute Gasteiger partial charge is 0.389 e. The van der Waals surface area contributed by atoms with E-state index in [1.54, 1.807) is 0 Å². The van der Waals surface area contributed by atoms with Gasteiger partial charge < -0.3 is 5.73 Å². The number of halogens is 3. The van der Waals surface area contributed by atoms with Gasteiger partial charge >= 0.3 is 0 Å². The predicted molar refractivity (Wildman–Crippen MR) is 31.2 cm³/mol. The lowest BCUT2D eigenvalue weighted by Gasteiger charge is -1.70. The molecule has 0 aromatic carbocycles. The van der Waals surface area contributed by atoms with E-state index in [4.69, 9.17) is 28.9 Å². The molecule has 0 spiro atoms. The van der Waals surface area contributed by atoms with E-state index in [0.717, 1.165) is 5.54 Å². The van der Waals surface area contributed by atoms with Crippen molar-refractivity contribution in [1.29, 1.82) is 0 Å². The summed E-state index contributed by atoms with van der Waals surface area (Å²) in [6, 6.07) is 0. The Kier molecular flexibility index (Phi) is 8.70. The van der Waals surface area contributed by atoms with Crippen molar-refractivity contribution in [2.24, 2.45) is 5.73 Å². The minimum absolute atomic E-state index is 0. The lowest BCUT2D eigenvalue weighted by Crippen LogP contribution is -1.82. The summed E-state index contributed by atoms with van der Waals surface area (Å²) in [5, 5.41) is 0.117. The van der Waals surface area contributed by atoms with Crippen molar-refractivity contribution >= 4 is 35.6 Å². The topological polar surface area (TPSA) is 26.0 Å². The van der Waals surface area contributed by atoms with Crippen LogP contribution >= 0.6 is 35.6 Å². The van der Waals surface area contributed by atoms with E-state index in [0.29, 0.717) is 0 Å². The number of hydrogen-bond donors (Lipinski definition) is 1. The van der Waals surface area contributed by atoms with Crippen LogP contribution in [-0.4, -0.2) is 0 Å². The lowest BCUT2D eigenvalue weighted by atomic mass is 11.1. The Morgan fingerprint density at radius 2 is 1.83 bits per heavy atom. The molecule has 0 heterocycles. The first-order valence-electron chi connectivity index (χ1n) is 0.985. The quantitative estimate of drug-likeness (QED) is 0.519. The van der Waals surface area contributed by atoms with Crippen LogP contribution in [0.1, 0.15) is 0 Å². The molecule has 0 fully saturated rings. The van der Waals surface area contributed by atoms with Crippen LogP contribution in [0.25, 0.3) is 0 Å². The molecule has 0 saturated heterocycles.